The van der Waals surface area contributed by atoms with Gasteiger partial charge in [-0.05, 0) is 56.9 Å². The molecule has 3 rings (SSSR count). The Hall–Kier alpha value is 0.270. The normalized spacial score (nSPS) is 45.4. The van der Waals surface area contributed by atoms with Gasteiger partial charge in [0.05, 0.1) is 0 Å². The van der Waals surface area contributed by atoms with Crippen LogP contribution in [0.5, 0.6) is 0 Å². The smallest absolute Gasteiger partial charge is 0.0123 e. The van der Waals surface area contributed by atoms with Gasteiger partial charge in [-0.3, -0.25) is 0 Å². The van der Waals surface area contributed by atoms with Crippen molar-refractivity contribution in [2.24, 2.45) is 5.92 Å². The van der Waals surface area contributed by atoms with Crippen molar-refractivity contribution in [3.63, 3.8) is 0 Å². The summed E-state index contributed by atoms with van der Waals surface area (Å²) in [6.45, 7) is 6.37. The lowest BCUT2D eigenvalue weighted by molar-refractivity contribution is 0.210. The Morgan fingerprint density at radius 1 is 1.18 bits per heavy atom. The molecule has 0 spiro atoms. The molecular weight excluding hydrogens is 228 g/mol. The highest BCUT2D eigenvalue weighted by Crippen LogP contribution is 2.32. The molecule has 2 aliphatic heterocycles. The summed E-state index contributed by atoms with van der Waals surface area (Å²) in [4.78, 5) is 2.65. The van der Waals surface area contributed by atoms with Crippen molar-refractivity contribution in [3.8, 4) is 0 Å². The second kappa shape index (κ2) is 5.50. The third-order valence-electron chi connectivity index (χ3n) is 4.87. The predicted octanol–water partition coefficient (Wildman–Crippen LogP) is 2.34. The zero-order valence-electron chi connectivity index (χ0n) is 11.0. The van der Waals surface area contributed by atoms with E-state index in [-0.39, 0.29) is 0 Å². The van der Waals surface area contributed by atoms with Crippen LogP contribution in [0.4, 0.5) is 0 Å². The largest absolute Gasteiger partial charge is 0.311 e. The van der Waals surface area contributed by atoms with Gasteiger partial charge in [-0.2, -0.15) is 11.8 Å². The summed E-state index contributed by atoms with van der Waals surface area (Å²) < 4.78 is 0. The van der Waals surface area contributed by atoms with Gasteiger partial charge in [-0.1, -0.05) is 6.92 Å². The Balaban J connectivity index is 1.47. The number of nitrogens with one attached hydrogen (secondary N) is 1. The minimum atomic E-state index is 0.830. The van der Waals surface area contributed by atoms with Gasteiger partial charge in [0.15, 0.2) is 0 Å². The van der Waals surface area contributed by atoms with E-state index in [4.69, 9.17) is 0 Å². The highest BCUT2D eigenvalue weighted by molar-refractivity contribution is 7.99. The minimum Gasteiger partial charge on any atom is -0.311 e. The molecule has 2 heterocycles. The zero-order chi connectivity index (χ0) is 11.7. The van der Waals surface area contributed by atoms with Crippen LogP contribution in [0.15, 0.2) is 0 Å². The lowest BCUT2D eigenvalue weighted by Crippen LogP contribution is -2.47. The number of hydrogen-bond donors (Lipinski definition) is 1. The molecule has 0 aromatic heterocycles. The molecule has 1 N–H and O–H groups in total. The van der Waals surface area contributed by atoms with E-state index in [0.29, 0.717) is 0 Å². The van der Waals surface area contributed by atoms with E-state index < -0.39 is 0 Å². The van der Waals surface area contributed by atoms with E-state index in [1.807, 2.05) is 0 Å². The quantitative estimate of drug-likeness (QED) is 0.829. The fourth-order valence-electron chi connectivity index (χ4n) is 3.95. The summed E-state index contributed by atoms with van der Waals surface area (Å²) in [5, 5.41) is 4.94. The van der Waals surface area contributed by atoms with Gasteiger partial charge in [0.25, 0.3) is 0 Å². The second-order valence-corrected chi connectivity index (χ2v) is 7.58. The molecule has 0 radical (unpaired) electrons. The SMILES string of the molecule is CCSC1CCC(NC2CCN3CCC2C3)C1. The van der Waals surface area contributed by atoms with Gasteiger partial charge < -0.3 is 10.2 Å². The first-order chi connectivity index (χ1) is 8.35. The van der Waals surface area contributed by atoms with E-state index in [1.54, 1.807) is 0 Å². The van der Waals surface area contributed by atoms with Gasteiger partial charge in [0, 0.05) is 23.9 Å². The summed E-state index contributed by atoms with van der Waals surface area (Å²) in [5.74, 6) is 2.25. The van der Waals surface area contributed by atoms with E-state index in [1.165, 1.54) is 57.5 Å². The molecule has 1 aliphatic carbocycles. The maximum Gasteiger partial charge on any atom is 0.0123 e. The van der Waals surface area contributed by atoms with Crippen molar-refractivity contribution in [2.75, 3.05) is 25.4 Å². The Morgan fingerprint density at radius 2 is 2.06 bits per heavy atom. The van der Waals surface area contributed by atoms with Crippen molar-refractivity contribution in [1.82, 2.24) is 10.2 Å². The van der Waals surface area contributed by atoms with Crippen LogP contribution in [0.3, 0.4) is 0 Å². The van der Waals surface area contributed by atoms with Crippen LogP contribution in [0.1, 0.15) is 39.0 Å². The highest BCUT2D eigenvalue weighted by atomic mass is 32.2. The van der Waals surface area contributed by atoms with Crippen LogP contribution in [0, 0.1) is 5.92 Å². The summed E-state index contributed by atoms with van der Waals surface area (Å²) in [7, 11) is 0. The molecule has 1 saturated carbocycles. The van der Waals surface area contributed by atoms with Crippen LogP contribution in [-0.2, 0) is 0 Å². The van der Waals surface area contributed by atoms with Crippen LogP contribution in [-0.4, -0.2) is 47.6 Å². The summed E-state index contributed by atoms with van der Waals surface area (Å²) in [6, 6.07) is 1.67. The molecule has 2 nitrogen and oxygen atoms in total. The fraction of sp³-hybridized carbons (Fsp3) is 1.00. The van der Waals surface area contributed by atoms with Crippen molar-refractivity contribution < 1.29 is 0 Å². The van der Waals surface area contributed by atoms with E-state index in [2.05, 4.69) is 28.9 Å². The molecule has 2 bridgehead atoms. The number of nitrogens with zero attached hydrogens (tertiary/aromatic N) is 1. The molecule has 5 atom stereocenters. The van der Waals surface area contributed by atoms with Crippen molar-refractivity contribution in [3.05, 3.63) is 0 Å². The number of piperidine rings is 1. The van der Waals surface area contributed by atoms with E-state index in [0.717, 1.165) is 23.3 Å². The summed E-state index contributed by atoms with van der Waals surface area (Å²) >= 11 is 2.17. The second-order valence-electron chi connectivity index (χ2n) is 6.00. The van der Waals surface area contributed by atoms with Gasteiger partial charge >= 0.3 is 0 Å². The van der Waals surface area contributed by atoms with E-state index in [9.17, 15) is 0 Å². The van der Waals surface area contributed by atoms with E-state index >= 15 is 0 Å². The molecule has 3 heteroatoms. The Kier molecular flexibility index (Phi) is 3.98. The van der Waals surface area contributed by atoms with Crippen molar-refractivity contribution in [2.45, 2.75) is 56.4 Å². The minimum absolute atomic E-state index is 0.830. The average Bonchev–Trinajstić information content (AvgIpc) is 2.91. The summed E-state index contributed by atoms with van der Waals surface area (Å²) in [6.07, 6.45) is 7.13. The van der Waals surface area contributed by atoms with Crippen LogP contribution in [0.2, 0.25) is 0 Å². The molecule has 0 amide bonds. The molecule has 98 valence electrons. The van der Waals surface area contributed by atoms with Crippen LogP contribution in [0.25, 0.3) is 0 Å². The van der Waals surface area contributed by atoms with Crippen LogP contribution >= 0.6 is 11.8 Å². The van der Waals surface area contributed by atoms with Crippen molar-refractivity contribution >= 4 is 11.8 Å². The summed E-state index contributed by atoms with van der Waals surface area (Å²) in [5.41, 5.74) is 0. The van der Waals surface area contributed by atoms with Gasteiger partial charge in [-0.25, -0.2) is 0 Å². The number of fused-ring (bicyclic) bond motifs is 2. The van der Waals surface area contributed by atoms with Crippen molar-refractivity contribution in [1.29, 1.82) is 0 Å². The lowest BCUT2D eigenvalue weighted by atomic mass is 9.93. The Morgan fingerprint density at radius 3 is 2.94 bits per heavy atom. The first-order valence-corrected chi connectivity index (χ1v) is 8.50. The Labute approximate surface area is 110 Å². The molecular formula is C14H26N2S. The zero-order valence-corrected chi connectivity index (χ0v) is 11.8. The maximum absolute atomic E-state index is 3.99. The topological polar surface area (TPSA) is 15.3 Å². The first-order valence-electron chi connectivity index (χ1n) is 7.45. The first kappa shape index (κ1) is 12.3. The average molecular weight is 254 g/mol. The maximum atomic E-state index is 3.99. The van der Waals surface area contributed by atoms with Gasteiger partial charge in [-0.15, -0.1) is 0 Å². The predicted molar refractivity (Wildman–Crippen MR) is 75.6 cm³/mol. The molecule has 0 aromatic carbocycles. The lowest BCUT2D eigenvalue weighted by Gasteiger charge is -2.33. The number of rotatable bonds is 4. The molecule has 2 saturated heterocycles. The number of hydrogen-bond acceptors (Lipinski definition) is 3. The number of thioether (sulfide) groups is 1. The standard InChI is InChI=1S/C14H26N2S/c1-2-17-13-4-3-12(9-13)15-14-6-8-16-7-5-11(14)10-16/h11-15H,2-10H2,1H3. The third-order valence-corrected chi connectivity index (χ3v) is 6.10. The molecule has 0 aromatic rings. The monoisotopic (exact) mass is 254 g/mol. The van der Waals surface area contributed by atoms with Gasteiger partial charge in [0.2, 0.25) is 0 Å². The Bertz CT molecular complexity index is 259. The highest BCUT2D eigenvalue weighted by Gasteiger charge is 2.36. The van der Waals surface area contributed by atoms with Crippen LogP contribution < -0.4 is 5.32 Å². The molecule has 3 fully saturated rings. The molecule has 5 unspecified atom stereocenters. The third kappa shape index (κ3) is 2.82. The fourth-order valence-corrected chi connectivity index (χ4v) is 5.09. The molecule has 17 heavy (non-hydrogen) atoms. The molecule has 3 aliphatic rings. The van der Waals surface area contributed by atoms with Gasteiger partial charge in [0.1, 0.15) is 0 Å².